The highest BCUT2D eigenvalue weighted by molar-refractivity contribution is 5.67. The van der Waals surface area contributed by atoms with Crippen molar-refractivity contribution >= 4 is 11.9 Å². The normalized spacial score (nSPS) is 10.8. The van der Waals surface area contributed by atoms with Gasteiger partial charge in [0.15, 0.2) is 0 Å². The highest BCUT2D eigenvalue weighted by Crippen LogP contribution is 2.19. The van der Waals surface area contributed by atoms with Crippen LogP contribution < -0.4 is 15.4 Å². The second-order valence-electron chi connectivity index (χ2n) is 5.21. The van der Waals surface area contributed by atoms with Gasteiger partial charge in [-0.2, -0.15) is 0 Å². The number of methoxy groups -OCH3 is 1. The fourth-order valence-electron chi connectivity index (χ4n) is 1.48. The molecular weight excluding hydrogens is 260 g/mol. The number of ether oxygens (including phenoxy) is 2. The maximum atomic E-state index is 11.4. The van der Waals surface area contributed by atoms with Gasteiger partial charge in [-0.15, -0.1) is 0 Å². The molecule has 0 spiro atoms. The molecule has 7 nitrogen and oxygen atoms in total. The van der Waals surface area contributed by atoms with Gasteiger partial charge < -0.3 is 20.1 Å². The Kier molecular flexibility index (Phi) is 5.54. The number of carbonyl (C=O) groups excluding carboxylic acids is 1. The van der Waals surface area contributed by atoms with Crippen LogP contribution in [0.2, 0.25) is 0 Å². The first-order valence-corrected chi connectivity index (χ1v) is 6.40. The quantitative estimate of drug-likeness (QED) is 0.800. The summed E-state index contributed by atoms with van der Waals surface area (Å²) in [7, 11) is 1.56. The Bertz CT molecular complexity index is 457. The topological polar surface area (TPSA) is 85.4 Å². The maximum Gasteiger partial charge on any atom is 0.407 e. The van der Waals surface area contributed by atoms with Crippen molar-refractivity contribution in [3.63, 3.8) is 0 Å². The number of aromatic nitrogens is 2. The summed E-state index contributed by atoms with van der Waals surface area (Å²) in [4.78, 5) is 19.5. The van der Waals surface area contributed by atoms with Gasteiger partial charge >= 0.3 is 6.09 Å². The number of hydrogen-bond donors (Lipinski definition) is 2. The molecule has 0 aliphatic rings. The second kappa shape index (κ2) is 6.93. The van der Waals surface area contributed by atoms with E-state index in [-0.39, 0.29) is 0 Å². The third kappa shape index (κ3) is 5.29. The van der Waals surface area contributed by atoms with E-state index in [4.69, 9.17) is 9.47 Å². The van der Waals surface area contributed by atoms with E-state index in [1.165, 1.54) is 6.33 Å². The second-order valence-corrected chi connectivity index (χ2v) is 5.21. The first kappa shape index (κ1) is 16.0. The van der Waals surface area contributed by atoms with Crippen LogP contribution >= 0.6 is 0 Å². The van der Waals surface area contributed by atoms with Crippen molar-refractivity contribution in [2.24, 2.45) is 0 Å². The summed E-state index contributed by atoms with van der Waals surface area (Å²) in [6.07, 6.45) is 0.992. The van der Waals surface area contributed by atoms with E-state index < -0.39 is 11.7 Å². The Morgan fingerprint density at radius 2 is 2.00 bits per heavy atom. The molecule has 112 valence electrons. The van der Waals surface area contributed by atoms with Crippen molar-refractivity contribution in [3.05, 3.63) is 11.9 Å². The van der Waals surface area contributed by atoms with Gasteiger partial charge in [0.05, 0.1) is 12.7 Å². The molecule has 0 fully saturated rings. The summed E-state index contributed by atoms with van der Waals surface area (Å²) in [5, 5.41) is 5.76. The molecule has 0 aliphatic heterocycles. The van der Waals surface area contributed by atoms with Crippen LogP contribution in [-0.2, 0) is 4.74 Å². The van der Waals surface area contributed by atoms with Crippen molar-refractivity contribution < 1.29 is 14.3 Å². The minimum absolute atomic E-state index is 0.431. The number of carbonyl (C=O) groups is 1. The van der Waals surface area contributed by atoms with Crippen LogP contribution in [0.25, 0.3) is 0 Å². The Hall–Kier alpha value is -2.05. The van der Waals surface area contributed by atoms with Crippen LogP contribution in [0.5, 0.6) is 5.88 Å². The SMILES string of the molecule is COc1ncnc(NCCNC(=O)OC(C)(C)C)c1C. The molecule has 0 aromatic carbocycles. The van der Waals surface area contributed by atoms with Gasteiger partial charge in [0.2, 0.25) is 5.88 Å². The average molecular weight is 282 g/mol. The Morgan fingerprint density at radius 1 is 1.30 bits per heavy atom. The van der Waals surface area contributed by atoms with Crippen LogP contribution in [0.1, 0.15) is 26.3 Å². The van der Waals surface area contributed by atoms with Gasteiger partial charge in [-0.3, -0.25) is 0 Å². The van der Waals surface area contributed by atoms with Crippen molar-refractivity contribution in [3.8, 4) is 5.88 Å². The van der Waals surface area contributed by atoms with E-state index in [1.54, 1.807) is 7.11 Å². The van der Waals surface area contributed by atoms with Gasteiger partial charge in [-0.1, -0.05) is 0 Å². The summed E-state index contributed by atoms with van der Waals surface area (Å²) in [5.74, 6) is 1.21. The monoisotopic (exact) mass is 282 g/mol. The number of hydrogen-bond acceptors (Lipinski definition) is 6. The minimum atomic E-state index is -0.492. The summed E-state index contributed by atoms with van der Waals surface area (Å²) in [5.41, 5.74) is 0.334. The molecule has 1 heterocycles. The van der Waals surface area contributed by atoms with E-state index in [1.807, 2.05) is 27.7 Å². The number of anilines is 1. The fourth-order valence-corrected chi connectivity index (χ4v) is 1.48. The van der Waals surface area contributed by atoms with Crippen LogP contribution in [0.15, 0.2) is 6.33 Å². The number of nitrogens with one attached hydrogen (secondary N) is 2. The molecule has 0 saturated heterocycles. The fraction of sp³-hybridized carbons (Fsp3) is 0.615. The zero-order chi connectivity index (χ0) is 15.2. The zero-order valence-electron chi connectivity index (χ0n) is 12.6. The third-order valence-corrected chi connectivity index (χ3v) is 2.32. The standard InChI is InChI=1S/C13H22N4O3/c1-9-10(16-8-17-11(9)19-5)14-6-7-15-12(18)20-13(2,3)4/h8H,6-7H2,1-5H3,(H,15,18)(H,14,16,17). The number of amides is 1. The lowest BCUT2D eigenvalue weighted by atomic mass is 10.2. The molecule has 1 amide bonds. The molecule has 7 heteroatoms. The first-order valence-electron chi connectivity index (χ1n) is 6.40. The molecule has 0 radical (unpaired) electrons. The van der Waals surface area contributed by atoms with Gasteiger partial charge in [-0.05, 0) is 27.7 Å². The summed E-state index contributed by atoms with van der Waals surface area (Å²) in [6, 6.07) is 0. The molecule has 20 heavy (non-hydrogen) atoms. The lowest BCUT2D eigenvalue weighted by Crippen LogP contribution is -2.35. The van der Waals surface area contributed by atoms with Crippen LogP contribution in [0.4, 0.5) is 10.6 Å². The van der Waals surface area contributed by atoms with E-state index in [0.717, 1.165) is 5.56 Å². The Morgan fingerprint density at radius 3 is 2.60 bits per heavy atom. The van der Waals surface area contributed by atoms with Gasteiger partial charge in [0.1, 0.15) is 17.7 Å². The van der Waals surface area contributed by atoms with Crippen LogP contribution in [0.3, 0.4) is 0 Å². The summed E-state index contributed by atoms with van der Waals surface area (Å²) in [6.45, 7) is 8.29. The first-order chi connectivity index (χ1) is 9.33. The molecule has 0 saturated carbocycles. The molecule has 0 unspecified atom stereocenters. The molecule has 1 rings (SSSR count). The number of alkyl carbamates (subject to hydrolysis) is 1. The smallest absolute Gasteiger partial charge is 0.407 e. The minimum Gasteiger partial charge on any atom is -0.481 e. The molecule has 2 N–H and O–H groups in total. The predicted octanol–water partition coefficient (Wildman–Crippen LogP) is 1.73. The highest BCUT2D eigenvalue weighted by Gasteiger charge is 2.15. The molecule has 0 bridgehead atoms. The van der Waals surface area contributed by atoms with Crippen molar-refractivity contribution in [1.29, 1.82) is 0 Å². The molecule has 1 aromatic heterocycles. The van der Waals surface area contributed by atoms with Gasteiger partial charge in [-0.25, -0.2) is 14.8 Å². The van der Waals surface area contributed by atoms with Crippen molar-refractivity contribution in [2.45, 2.75) is 33.3 Å². The molecule has 0 aliphatic carbocycles. The lowest BCUT2D eigenvalue weighted by molar-refractivity contribution is 0.0530. The zero-order valence-corrected chi connectivity index (χ0v) is 12.6. The van der Waals surface area contributed by atoms with E-state index in [2.05, 4.69) is 20.6 Å². The van der Waals surface area contributed by atoms with Gasteiger partial charge in [0, 0.05) is 13.1 Å². The van der Waals surface area contributed by atoms with E-state index in [0.29, 0.717) is 24.8 Å². The van der Waals surface area contributed by atoms with E-state index >= 15 is 0 Å². The number of rotatable bonds is 5. The van der Waals surface area contributed by atoms with Crippen molar-refractivity contribution in [1.82, 2.24) is 15.3 Å². The largest absolute Gasteiger partial charge is 0.481 e. The van der Waals surface area contributed by atoms with Crippen molar-refractivity contribution in [2.75, 3.05) is 25.5 Å². The average Bonchev–Trinajstić information content (AvgIpc) is 2.34. The lowest BCUT2D eigenvalue weighted by Gasteiger charge is -2.19. The Balaban J connectivity index is 2.37. The summed E-state index contributed by atoms with van der Waals surface area (Å²) >= 11 is 0. The molecule has 1 aromatic rings. The molecule has 0 atom stereocenters. The Labute approximate surface area is 119 Å². The van der Waals surface area contributed by atoms with E-state index in [9.17, 15) is 4.79 Å². The number of nitrogens with zero attached hydrogens (tertiary/aromatic N) is 2. The summed E-state index contributed by atoms with van der Waals surface area (Å²) < 4.78 is 10.2. The van der Waals surface area contributed by atoms with Crippen LogP contribution in [-0.4, -0.2) is 41.9 Å². The maximum absolute atomic E-state index is 11.4. The predicted molar refractivity (Wildman–Crippen MR) is 76.0 cm³/mol. The van der Waals surface area contributed by atoms with Gasteiger partial charge in [0.25, 0.3) is 0 Å². The van der Waals surface area contributed by atoms with Crippen LogP contribution in [0, 0.1) is 6.92 Å². The molecular formula is C13H22N4O3. The third-order valence-electron chi connectivity index (χ3n) is 2.32. The highest BCUT2D eigenvalue weighted by atomic mass is 16.6.